The number of aromatic nitrogens is 2. The third-order valence-corrected chi connectivity index (χ3v) is 5.21. The molecule has 0 unspecified atom stereocenters. The van der Waals surface area contributed by atoms with Gasteiger partial charge in [0.25, 0.3) is 11.8 Å². The first-order chi connectivity index (χ1) is 14.2. The Morgan fingerprint density at radius 2 is 1.72 bits per heavy atom. The van der Waals surface area contributed by atoms with Gasteiger partial charge in [-0.15, -0.1) is 0 Å². The predicted molar refractivity (Wildman–Crippen MR) is 113 cm³/mol. The van der Waals surface area contributed by atoms with Crippen LogP contribution < -0.4 is 10.6 Å². The van der Waals surface area contributed by atoms with Crippen LogP contribution in [0.25, 0.3) is 0 Å². The molecule has 2 amide bonds. The van der Waals surface area contributed by atoms with Gasteiger partial charge in [0.15, 0.2) is 11.5 Å². The average Bonchev–Trinajstić information content (AvgIpc) is 3.15. The van der Waals surface area contributed by atoms with Gasteiger partial charge in [-0.05, 0) is 49.4 Å². The van der Waals surface area contributed by atoms with E-state index in [1.165, 1.54) is 0 Å². The van der Waals surface area contributed by atoms with Crippen LogP contribution in [0.4, 0.5) is 11.4 Å². The zero-order chi connectivity index (χ0) is 20.2. The minimum atomic E-state index is -0.284. The highest BCUT2D eigenvalue weighted by Crippen LogP contribution is 2.24. The molecule has 1 aliphatic heterocycles. The number of nitrogens with one attached hydrogen (secondary N) is 2. The summed E-state index contributed by atoms with van der Waals surface area (Å²) in [5.74, 6) is -0.272. The third-order valence-electron chi connectivity index (χ3n) is 5.21. The van der Waals surface area contributed by atoms with Crippen LogP contribution in [0, 0.1) is 0 Å². The zero-order valence-electron chi connectivity index (χ0n) is 16.4. The smallest absolute Gasteiger partial charge is 0.291 e. The SMILES string of the molecule is CCc1ccccc1NC(=O)c1nc(C(=O)Nc2ccccc2)c2n1CCCC2. The number of amides is 2. The Bertz CT molecular complexity index is 1040. The molecule has 2 aromatic carbocycles. The average molecular weight is 388 g/mol. The van der Waals surface area contributed by atoms with E-state index < -0.39 is 0 Å². The van der Waals surface area contributed by atoms with Gasteiger partial charge in [0.05, 0.1) is 5.69 Å². The largest absolute Gasteiger partial charge is 0.323 e. The van der Waals surface area contributed by atoms with E-state index in [1.54, 1.807) is 0 Å². The number of nitrogens with zero attached hydrogens (tertiary/aromatic N) is 2. The number of imidazole rings is 1. The standard InChI is InChI=1S/C23H24N4O2/c1-2-16-10-6-7-13-18(16)25-23(29)21-26-20(19-14-8-9-15-27(19)21)22(28)24-17-11-4-3-5-12-17/h3-7,10-13H,2,8-9,14-15H2,1H3,(H,24,28)(H,25,29). The predicted octanol–water partition coefficient (Wildman–Crippen LogP) is 4.29. The van der Waals surface area contributed by atoms with E-state index in [4.69, 9.17) is 0 Å². The number of anilines is 2. The molecule has 6 heteroatoms. The Kier molecular flexibility index (Phi) is 5.42. The number of aryl methyl sites for hydroxylation is 1. The van der Waals surface area contributed by atoms with Crippen LogP contribution in [-0.4, -0.2) is 21.4 Å². The van der Waals surface area contributed by atoms with E-state index in [9.17, 15) is 9.59 Å². The van der Waals surface area contributed by atoms with Crippen molar-refractivity contribution >= 4 is 23.2 Å². The van der Waals surface area contributed by atoms with Crippen molar-refractivity contribution in [3.05, 3.63) is 77.4 Å². The molecule has 0 bridgehead atoms. The number of hydrogen-bond donors (Lipinski definition) is 2. The molecule has 2 heterocycles. The summed E-state index contributed by atoms with van der Waals surface area (Å²) in [7, 11) is 0. The summed E-state index contributed by atoms with van der Waals surface area (Å²) in [6.45, 7) is 2.74. The minimum Gasteiger partial charge on any atom is -0.323 e. The van der Waals surface area contributed by atoms with Gasteiger partial charge in [0.2, 0.25) is 0 Å². The lowest BCUT2D eigenvalue weighted by Gasteiger charge is -2.17. The number of carbonyl (C=O) groups is 2. The third kappa shape index (κ3) is 3.92. The molecule has 2 N–H and O–H groups in total. The Labute approximate surface area is 170 Å². The van der Waals surface area contributed by atoms with Gasteiger partial charge >= 0.3 is 0 Å². The Morgan fingerprint density at radius 3 is 2.52 bits per heavy atom. The summed E-state index contributed by atoms with van der Waals surface area (Å²) in [6, 6.07) is 17.0. The van der Waals surface area contributed by atoms with Crippen LogP contribution in [0.3, 0.4) is 0 Å². The van der Waals surface area contributed by atoms with Crippen molar-refractivity contribution in [2.75, 3.05) is 10.6 Å². The molecule has 3 aromatic rings. The lowest BCUT2D eigenvalue weighted by molar-refractivity contribution is 0.101. The minimum absolute atomic E-state index is 0.283. The molecule has 0 saturated heterocycles. The normalized spacial score (nSPS) is 12.9. The fourth-order valence-corrected chi connectivity index (χ4v) is 3.74. The first kappa shape index (κ1) is 18.9. The second kappa shape index (κ2) is 8.31. The highest BCUT2D eigenvalue weighted by Gasteiger charge is 2.27. The molecule has 29 heavy (non-hydrogen) atoms. The molecule has 0 aliphatic carbocycles. The van der Waals surface area contributed by atoms with Crippen molar-refractivity contribution in [2.45, 2.75) is 39.2 Å². The molecular weight excluding hydrogens is 364 g/mol. The molecule has 0 radical (unpaired) electrons. The van der Waals surface area contributed by atoms with Crippen LogP contribution in [0.15, 0.2) is 54.6 Å². The quantitative estimate of drug-likeness (QED) is 0.685. The van der Waals surface area contributed by atoms with Crippen molar-refractivity contribution in [3.63, 3.8) is 0 Å². The molecule has 0 atom stereocenters. The summed E-state index contributed by atoms with van der Waals surface area (Å²) in [4.78, 5) is 30.4. The number of hydrogen-bond acceptors (Lipinski definition) is 3. The van der Waals surface area contributed by atoms with Crippen molar-refractivity contribution in [1.82, 2.24) is 9.55 Å². The van der Waals surface area contributed by atoms with Gasteiger partial charge in [-0.25, -0.2) is 4.98 Å². The van der Waals surface area contributed by atoms with Gasteiger partial charge in [0.1, 0.15) is 0 Å². The van der Waals surface area contributed by atoms with Crippen molar-refractivity contribution in [2.24, 2.45) is 0 Å². The number of para-hydroxylation sites is 2. The number of fused-ring (bicyclic) bond motifs is 1. The van der Waals surface area contributed by atoms with Crippen LogP contribution in [-0.2, 0) is 19.4 Å². The van der Waals surface area contributed by atoms with Gasteiger partial charge < -0.3 is 15.2 Å². The molecule has 4 rings (SSSR count). The van der Waals surface area contributed by atoms with Gasteiger partial charge in [-0.3, -0.25) is 9.59 Å². The number of rotatable bonds is 5. The van der Waals surface area contributed by atoms with E-state index in [2.05, 4.69) is 15.6 Å². The van der Waals surface area contributed by atoms with Crippen LogP contribution in [0.2, 0.25) is 0 Å². The summed E-state index contributed by atoms with van der Waals surface area (Å²) in [5.41, 5.74) is 3.72. The molecule has 0 fully saturated rings. The van der Waals surface area contributed by atoms with E-state index >= 15 is 0 Å². The molecule has 0 saturated carbocycles. The Hall–Kier alpha value is -3.41. The number of carbonyl (C=O) groups excluding carboxylic acids is 2. The van der Waals surface area contributed by atoms with Crippen molar-refractivity contribution in [3.8, 4) is 0 Å². The maximum atomic E-state index is 13.0. The second-order valence-corrected chi connectivity index (χ2v) is 7.12. The first-order valence-corrected chi connectivity index (χ1v) is 10.0. The van der Waals surface area contributed by atoms with E-state index in [1.807, 2.05) is 66.1 Å². The molecule has 6 nitrogen and oxygen atoms in total. The Balaban J connectivity index is 1.64. The molecule has 1 aliphatic rings. The van der Waals surface area contributed by atoms with Crippen LogP contribution in [0.1, 0.15) is 52.1 Å². The maximum absolute atomic E-state index is 13.0. The lowest BCUT2D eigenvalue weighted by Crippen LogP contribution is -2.22. The number of benzene rings is 2. The Morgan fingerprint density at radius 1 is 0.966 bits per heavy atom. The second-order valence-electron chi connectivity index (χ2n) is 7.12. The van der Waals surface area contributed by atoms with E-state index in [-0.39, 0.29) is 11.8 Å². The van der Waals surface area contributed by atoms with Crippen molar-refractivity contribution in [1.29, 1.82) is 0 Å². The fraction of sp³-hybridized carbons (Fsp3) is 0.261. The van der Waals surface area contributed by atoms with E-state index in [0.717, 1.165) is 42.6 Å². The molecular formula is C23H24N4O2. The molecule has 1 aromatic heterocycles. The van der Waals surface area contributed by atoms with Crippen molar-refractivity contribution < 1.29 is 9.59 Å². The van der Waals surface area contributed by atoms with Crippen LogP contribution in [0.5, 0.6) is 0 Å². The van der Waals surface area contributed by atoms with Gasteiger partial charge in [0, 0.05) is 17.9 Å². The molecule has 148 valence electrons. The summed E-state index contributed by atoms with van der Waals surface area (Å²) in [6.07, 6.45) is 3.51. The summed E-state index contributed by atoms with van der Waals surface area (Å²) >= 11 is 0. The maximum Gasteiger partial charge on any atom is 0.291 e. The summed E-state index contributed by atoms with van der Waals surface area (Å²) in [5, 5.41) is 5.86. The molecule has 0 spiro atoms. The zero-order valence-corrected chi connectivity index (χ0v) is 16.4. The highest BCUT2D eigenvalue weighted by atomic mass is 16.2. The monoisotopic (exact) mass is 388 g/mol. The summed E-state index contributed by atoms with van der Waals surface area (Å²) < 4.78 is 1.90. The fourth-order valence-electron chi connectivity index (χ4n) is 3.74. The topological polar surface area (TPSA) is 76.0 Å². The van der Waals surface area contributed by atoms with Gasteiger partial charge in [-0.2, -0.15) is 0 Å². The van der Waals surface area contributed by atoms with E-state index in [0.29, 0.717) is 23.8 Å². The van der Waals surface area contributed by atoms with Crippen LogP contribution >= 0.6 is 0 Å². The first-order valence-electron chi connectivity index (χ1n) is 10.0. The lowest BCUT2D eigenvalue weighted by atomic mass is 10.1. The van der Waals surface area contributed by atoms with Gasteiger partial charge in [-0.1, -0.05) is 43.3 Å². The highest BCUT2D eigenvalue weighted by molar-refractivity contribution is 6.07.